The molecule has 0 unspecified atom stereocenters. The van der Waals surface area contributed by atoms with Crippen molar-refractivity contribution in [1.82, 2.24) is 0 Å². The normalized spacial score (nSPS) is 10.8. The van der Waals surface area contributed by atoms with E-state index in [9.17, 15) is 0 Å². The minimum absolute atomic E-state index is 0.899. The average molecular weight is 239 g/mol. The van der Waals surface area contributed by atoms with Gasteiger partial charge in [0, 0.05) is 31.9 Å². The summed E-state index contributed by atoms with van der Waals surface area (Å²) in [6.45, 7) is 0.899. The van der Waals surface area contributed by atoms with Crippen molar-refractivity contribution in [2.75, 3.05) is 19.0 Å². The van der Waals surface area contributed by atoms with E-state index in [-0.39, 0.29) is 0 Å². The Balaban J connectivity index is 1.97. The van der Waals surface area contributed by atoms with Crippen LogP contribution in [0.4, 0.5) is 5.69 Å². The second-order valence-corrected chi connectivity index (χ2v) is 4.46. The molecule has 0 radical (unpaired) electrons. The molecular weight excluding hydrogens is 220 g/mol. The van der Waals surface area contributed by atoms with E-state index >= 15 is 0 Å². The van der Waals surface area contributed by atoms with Crippen LogP contribution < -0.4 is 9.47 Å². The molecule has 0 aliphatic heterocycles. The Kier molecular flexibility index (Phi) is 4.13. The molecule has 0 fully saturated rings. The van der Waals surface area contributed by atoms with Crippen molar-refractivity contribution in [3.63, 3.8) is 0 Å². The second kappa shape index (κ2) is 6.01. The lowest BCUT2D eigenvalue weighted by Gasteiger charge is -2.11. The van der Waals surface area contributed by atoms with E-state index in [1.165, 1.54) is 11.3 Å². The maximum Gasteiger partial charge on any atom is 0.169 e. The molecular formula is C16H19N2+. The molecule has 0 saturated carbocycles. The Morgan fingerprint density at radius 2 is 1.67 bits per heavy atom. The van der Waals surface area contributed by atoms with Gasteiger partial charge < -0.3 is 4.90 Å². The molecule has 92 valence electrons. The topological polar surface area (TPSA) is 7.12 Å². The first kappa shape index (κ1) is 12.4. The zero-order valence-electron chi connectivity index (χ0n) is 11.0. The fraction of sp³-hybridized carbons (Fsp3) is 0.188. The number of hydrogen-bond donors (Lipinski definition) is 0. The van der Waals surface area contributed by atoms with Crippen LogP contribution in [0.15, 0.2) is 60.9 Å². The average Bonchev–Trinajstić information content (AvgIpc) is 2.40. The first-order chi connectivity index (χ1) is 8.75. The van der Waals surface area contributed by atoms with Gasteiger partial charge in [0.1, 0.15) is 0 Å². The van der Waals surface area contributed by atoms with Crippen molar-refractivity contribution in [2.45, 2.75) is 6.54 Å². The predicted octanol–water partition coefficient (Wildman–Crippen LogP) is 2.75. The van der Waals surface area contributed by atoms with Crippen LogP contribution >= 0.6 is 0 Å². The van der Waals surface area contributed by atoms with Gasteiger partial charge in [-0.2, -0.15) is 0 Å². The lowest BCUT2D eigenvalue weighted by atomic mass is 10.2. The highest BCUT2D eigenvalue weighted by Crippen LogP contribution is 2.12. The van der Waals surface area contributed by atoms with E-state index in [0.717, 1.165) is 6.54 Å². The third-order valence-corrected chi connectivity index (χ3v) is 2.81. The van der Waals surface area contributed by atoms with Gasteiger partial charge in [0.2, 0.25) is 0 Å². The van der Waals surface area contributed by atoms with Crippen LogP contribution in [0.3, 0.4) is 0 Å². The second-order valence-electron chi connectivity index (χ2n) is 4.46. The number of anilines is 1. The molecule has 0 aliphatic carbocycles. The minimum atomic E-state index is 0.899. The largest absolute Gasteiger partial charge is 0.378 e. The lowest BCUT2D eigenvalue weighted by Crippen LogP contribution is -2.30. The van der Waals surface area contributed by atoms with Crippen LogP contribution in [0.2, 0.25) is 0 Å². The molecule has 1 aromatic carbocycles. The van der Waals surface area contributed by atoms with Crippen molar-refractivity contribution in [3.8, 4) is 0 Å². The van der Waals surface area contributed by atoms with Gasteiger partial charge in [-0.1, -0.05) is 24.3 Å². The summed E-state index contributed by atoms with van der Waals surface area (Å²) in [4.78, 5) is 2.10. The maximum atomic E-state index is 2.17. The molecule has 0 saturated heterocycles. The summed E-state index contributed by atoms with van der Waals surface area (Å²) in [5, 5.41) is 0. The molecule has 2 aromatic rings. The molecule has 0 bridgehead atoms. The number of hydrogen-bond acceptors (Lipinski definition) is 1. The summed E-state index contributed by atoms with van der Waals surface area (Å²) >= 11 is 0. The monoisotopic (exact) mass is 239 g/mol. The van der Waals surface area contributed by atoms with Crippen molar-refractivity contribution in [3.05, 3.63) is 66.5 Å². The van der Waals surface area contributed by atoms with Crippen molar-refractivity contribution in [1.29, 1.82) is 0 Å². The molecule has 0 amide bonds. The zero-order valence-corrected chi connectivity index (χ0v) is 11.0. The molecule has 0 atom stereocenters. The van der Waals surface area contributed by atoms with E-state index in [2.05, 4.69) is 72.4 Å². The minimum Gasteiger partial charge on any atom is -0.378 e. The smallest absolute Gasteiger partial charge is 0.169 e. The standard InChI is InChI=1S/C16H19N2/c1-17(2)16-10-8-15(9-11-16)7-6-14-18-12-4-3-5-13-18/h3-13H,14H2,1-2H3/q+1/b7-6+. The van der Waals surface area contributed by atoms with E-state index < -0.39 is 0 Å². The van der Waals surface area contributed by atoms with E-state index in [1.807, 2.05) is 18.2 Å². The molecule has 0 aliphatic rings. The number of pyridine rings is 1. The fourth-order valence-corrected chi connectivity index (χ4v) is 1.75. The highest BCUT2D eigenvalue weighted by molar-refractivity contribution is 5.55. The molecule has 2 rings (SSSR count). The lowest BCUT2D eigenvalue weighted by molar-refractivity contribution is -0.686. The molecule has 1 aromatic heterocycles. The van der Waals surface area contributed by atoms with Gasteiger partial charge in [0.25, 0.3) is 0 Å². The van der Waals surface area contributed by atoms with Crippen LogP contribution in [0.5, 0.6) is 0 Å². The highest BCUT2D eigenvalue weighted by Gasteiger charge is 1.95. The predicted molar refractivity (Wildman–Crippen MR) is 76.4 cm³/mol. The van der Waals surface area contributed by atoms with Gasteiger partial charge in [0.15, 0.2) is 18.9 Å². The van der Waals surface area contributed by atoms with Crippen molar-refractivity contribution >= 4 is 11.8 Å². The number of rotatable bonds is 4. The summed E-state index contributed by atoms with van der Waals surface area (Å²) in [7, 11) is 4.10. The van der Waals surface area contributed by atoms with Crippen molar-refractivity contribution in [2.24, 2.45) is 0 Å². The van der Waals surface area contributed by atoms with E-state index in [4.69, 9.17) is 0 Å². The van der Waals surface area contributed by atoms with Gasteiger partial charge in [-0.3, -0.25) is 0 Å². The first-order valence-corrected chi connectivity index (χ1v) is 6.14. The fourth-order valence-electron chi connectivity index (χ4n) is 1.75. The summed E-state index contributed by atoms with van der Waals surface area (Å²) in [6.07, 6.45) is 8.46. The maximum absolute atomic E-state index is 2.17. The Morgan fingerprint density at radius 3 is 2.28 bits per heavy atom. The zero-order chi connectivity index (χ0) is 12.8. The van der Waals surface area contributed by atoms with Gasteiger partial charge in [-0.05, 0) is 23.8 Å². The van der Waals surface area contributed by atoms with Crippen LogP contribution in [0.1, 0.15) is 5.56 Å². The van der Waals surface area contributed by atoms with E-state index in [1.54, 1.807) is 0 Å². The summed E-state index contributed by atoms with van der Waals surface area (Å²) in [5.41, 5.74) is 2.46. The molecule has 18 heavy (non-hydrogen) atoms. The highest BCUT2D eigenvalue weighted by atomic mass is 15.1. The quantitative estimate of drug-likeness (QED) is 0.744. The first-order valence-electron chi connectivity index (χ1n) is 6.14. The number of aromatic nitrogens is 1. The SMILES string of the molecule is CN(C)c1ccc(/C=C/C[n+]2ccccc2)cc1. The Morgan fingerprint density at radius 1 is 1.00 bits per heavy atom. The third-order valence-electron chi connectivity index (χ3n) is 2.81. The molecule has 2 nitrogen and oxygen atoms in total. The number of nitrogens with zero attached hydrogens (tertiary/aromatic N) is 2. The molecule has 2 heteroatoms. The Hall–Kier alpha value is -2.09. The summed E-state index contributed by atoms with van der Waals surface area (Å²) < 4.78 is 2.14. The van der Waals surface area contributed by atoms with Crippen LogP contribution in [0, 0.1) is 0 Å². The molecule has 0 N–H and O–H groups in total. The third kappa shape index (κ3) is 3.45. The number of allylic oxidation sites excluding steroid dienone is 1. The van der Waals surface area contributed by atoms with Gasteiger partial charge in [-0.15, -0.1) is 0 Å². The van der Waals surface area contributed by atoms with E-state index in [0.29, 0.717) is 0 Å². The Labute approximate surface area is 109 Å². The van der Waals surface area contributed by atoms with Gasteiger partial charge >= 0.3 is 0 Å². The molecule has 1 heterocycles. The summed E-state index contributed by atoms with van der Waals surface area (Å²) in [6, 6.07) is 14.7. The molecule has 0 spiro atoms. The van der Waals surface area contributed by atoms with Crippen LogP contribution in [-0.2, 0) is 6.54 Å². The van der Waals surface area contributed by atoms with Crippen LogP contribution in [0.25, 0.3) is 6.08 Å². The summed E-state index contributed by atoms with van der Waals surface area (Å²) in [5.74, 6) is 0. The van der Waals surface area contributed by atoms with Crippen LogP contribution in [-0.4, -0.2) is 14.1 Å². The van der Waals surface area contributed by atoms with Gasteiger partial charge in [-0.25, -0.2) is 4.57 Å². The van der Waals surface area contributed by atoms with Gasteiger partial charge in [0.05, 0.1) is 0 Å². The number of benzene rings is 1. The van der Waals surface area contributed by atoms with Crippen molar-refractivity contribution < 1.29 is 4.57 Å². The Bertz CT molecular complexity index is 498.